The molecule has 0 aromatic carbocycles. The molecule has 12 nitrogen and oxygen atoms in total. The number of imidazole rings is 1. The molecule has 0 atom stereocenters. The number of carbonyl (C=O) groups is 1. The quantitative estimate of drug-likeness (QED) is 0.436. The van der Waals surface area contributed by atoms with Crippen molar-refractivity contribution in [1.82, 2.24) is 34.9 Å². The third-order valence-corrected chi connectivity index (χ3v) is 4.18. The second-order valence-electron chi connectivity index (χ2n) is 6.73. The number of ether oxygens (including phenoxy) is 1. The average molecular weight is 426 g/mol. The van der Waals surface area contributed by atoms with Gasteiger partial charge in [0.2, 0.25) is 5.95 Å². The van der Waals surface area contributed by atoms with E-state index in [9.17, 15) is 4.79 Å². The predicted octanol–water partition coefficient (Wildman–Crippen LogP) is 1.63. The van der Waals surface area contributed by atoms with E-state index >= 15 is 0 Å². The topological polar surface area (TPSA) is 135 Å². The summed E-state index contributed by atoms with van der Waals surface area (Å²) in [5.74, 6) is 2.40. The minimum absolute atomic E-state index is 0.303. The molecule has 2 amide bonds. The highest BCUT2D eigenvalue weighted by atomic mass is 16.5. The van der Waals surface area contributed by atoms with Crippen LogP contribution < -0.4 is 21.1 Å². The summed E-state index contributed by atoms with van der Waals surface area (Å²) >= 11 is 0. The van der Waals surface area contributed by atoms with Crippen LogP contribution in [0, 0.1) is 6.92 Å². The number of urea groups is 1. The largest absolute Gasteiger partial charge is 0.374 e. The van der Waals surface area contributed by atoms with Gasteiger partial charge in [-0.2, -0.15) is 0 Å². The molecule has 0 fully saturated rings. The highest BCUT2D eigenvalue weighted by Gasteiger charge is 2.10. The van der Waals surface area contributed by atoms with Crippen molar-refractivity contribution in [3.8, 4) is 0 Å². The van der Waals surface area contributed by atoms with Gasteiger partial charge in [0.15, 0.2) is 5.82 Å². The predicted molar refractivity (Wildman–Crippen MR) is 115 cm³/mol. The molecule has 3 N–H and O–H groups in total. The maximum Gasteiger partial charge on any atom is 0.337 e. The fourth-order valence-corrected chi connectivity index (χ4v) is 2.65. The van der Waals surface area contributed by atoms with E-state index in [1.54, 1.807) is 12.3 Å². The number of anilines is 3. The molecule has 0 radical (unpaired) electrons. The second kappa shape index (κ2) is 10.3. The Morgan fingerprint density at radius 3 is 2.68 bits per heavy atom. The van der Waals surface area contributed by atoms with Gasteiger partial charge in [-0.05, 0) is 13.8 Å². The minimum Gasteiger partial charge on any atom is -0.374 e. The van der Waals surface area contributed by atoms with Crippen LogP contribution in [0.4, 0.5) is 22.2 Å². The van der Waals surface area contributed by atoms with Crippen LogP contribution >= 0.6 is 0 Å². The summed E-state index contributed by atoms with van der Waals surface area (Å²) in [6.07, 6.45) is 6.69. The molecule has 3 aromatic heterocycles. The van der Waals surface area contributed by atoms with Crippen molar-refractivity contribution in [3.05, 3.63) is 48.2 Å². The first-order valence-corrected chi connectivity index (χ1v) is 9.69. The van der Waals surface area contributed by atoms with Crippen LogP contribution in [0.25, 0.3) is 0 Å². The van der Waals surface area contributed by atoms with Gasteiger partial charge in [-0.1, -0.05) is 0 Å². The van der Waals surface area contributed by atoms with Gasteiger partial charge in [0.25, 0.3) is 0 Å². The van der Waals surface area contributed by atoms with Crippen LogP contribution in [0.3, 0.4) is 0 Å². The Kier molecular flexibility index (Phi) is 7.27. The number of amides is 2. The maximum absolute atomic E-state index is 12.2. The zero-order valence-corrected chi connectivity index (χ0v) is 18.0. The fraction of sp³-hybridized carbons (Fsp3) is 0.368. The van der Waals surface area contributed by atoms with Gasteiger partial charge < -0.3 is 19.5 Å². The Morgan fingerprint density at radius 2 is 2.00 bits per heavy atom. The molecule has 3 heterocycles. The van der Waals surface area contributed by atoms with Crippen LogP contribution in [-0.2, 0) is 24.9 Å². The lowest BCUT2D eigenvalue weighted by Crippen LogP contribution is -2.34. The van der Waals surface area contributed by atoms with Gasteiger partial charge in [-0.25, -0.2) is 29.7 Å². The van der Waals surface area contributed by atoms with Gasteiger partial charge in [-0.15, -0.1) is 0 Å². The van der Waals surface area contributed by atoms with Crippen molar-refractivity contribution in [2.24, 2.45) is 7.05 Å². The number of nitrogens with zero attached hydrogens (tertiary/aromatic N) is 7. The number of aryl methyl sites for hydroxylation is 2. The summed E-state index contributed by atoms with van der Waals surface area (Å²) < 4.78 is 7.25. The first kappa shape index (κ1) is 21.9. The lowest BCUT2D eigenvalue weighted by molar-refractivity contribution is 0.128. The first-order chi connectivity index (χ1) is 14.9. The summed E-state index contributed by atoms with van der Waals surface area (Å²) in [5.41, 5.74) is 6.48. The summed E-state index contributed by atoms with van der Waals surface area (Å²) in [7, 11) is 3.80. The van der Waals surface area contributed by atoms with E-state index in [2.05, 4.69) is 41.1 Å². The molecule has 0 spiro atoms. The van der Waals surface area contributed by atoms with E-state index in [1.807, 2.05) is 43.6 Å². The Morgan fingerprint density at radius 1 is 1.23 bits per heavy atom. The van der Waals surface area contributed by atoms with Crippen molar-refractivity contribution in [2.75, 3.05) is 29.3 Å². The van der Waals surface area contributed by atoms with E-state index in [0.717, 1.165) is 11.5 Å². The highest BCUT2D eigenvalue weighted by Crippen LogP contribution is 2.11. The zero-order chi connectivity index (χ0) is 22.2. The van der Waals surface area contributed by atoms with E-state index in [1.165, 1.54) is 12.4 Å². The lowest BCUT2D eigenvalue weighted by atomic mass is 10.4. The van der Waals surface area contributed by atoms with Gasteiger partial charge >= 0.3 is 6.03 Å². The minimum atomic E-state index is -0.486. The SMILES string of the molecule is CCOCc1nc(C)cc(NNC(=O)Nc2cnc(N(C)Cc3nccn3C)nc2)n1. The van der Waals surface area contributed by atoms with Crippen LogP contribution in [0.15, 0.2) is 30.9 Å². The summed E-state index contributed by atoms with van der Waals surface area (Å²) in [6.45, 7) is 5.17. The number of hydrogen-bond donors (Lipinski definition) is 3. The molecular weight excluding hydrogens is 400 g/mol. The van der Waals surface area contributed by atoms with E-state index in [0.29, 0.717) is 43.0 Å². The molecule has 0 aliphatic rings. The van der Waals surface area contributed by atoms with Crippen molar-refractivity contribution >= 4 is 23.5 Å². The number of nitrogens with one attached hydrogen (secondary N) is 3. The van der Waals surface area contributed by atoms with Crippen molar-refractivity contribution < 1.29 is 9.53 Å². The molecular formula is C19H26N10O2. The van der Waals surface area contributed by atoms with E-state index in [-0.39, 0.29) is 0 Å². The molecule has 31 heavy (non-hydrogen) atoms. The smallest absolute Gasteiger partial charge is 0.337 e. The van der Waals surface area contributed by atoms with E-state index in [4.69, 9.17) is 4.74 Å². The monoisotopic (exact) mass is 426 g/mol. The summed E-state index contributed by atoms with van der Waals surface area (Å²) in [6, 6.07) is 1.23. The van der Waals surface area contributed by atoms with Crippen molar-refractivity contribution in [2.45, 2.75) is 27.0 Å². The van der Waals surface area contributed by atoms with Crippen LogP contribution in [0.2, 0.25) is 0 Å². The molecule has 164 valence electrons. The summed E-state index contributed by atoms with van der Waals surface area (Å²) in [5, 5.41) is 2.66. The zero-order valence-electron chi connectivity index (χ0n) is 18.0. The molecule has 12 heteroatoms. The third kappa shape index (κ3) is 6.34. The van der Waals surface area contributed by atoms with Crippen LogP contribution in [0.5, 0.6) is 0 Å². The standard InChI is InChI=1S/C19H26N10O2/c1-5-31-12-16-23-13(2)8-15(25-16)26-27-19(30)24-14-9-21-18(22-10-14)29(4)11-17-20-6-7-28(17)3/h6-10H,5,11-12H2,1-4H3,(H,23,25,26)(H2,24,27,30). The van der Waals surface area contributed by atoms with Gasteiger partial charge in [-0.3, -0.25) is 10.9 Å². The van der Waals surface area contributed by atoms with Crippen LogP contribution in [0.1, 0.15) is 24.3 Å². The number of hydrogen-bond acceptors (Lipinski definition) is 9. The van der Waals surface area contributed by atoms with Crippen LogP contribution in [-0.4, -0.2) is 49.2 Å². The number of rotatable bonds is 9. The summed E-state index contributed by atoms with van der Waals surface area (Å²) in [4.78, 5) is 35.5. The van der Waals surface area contributed by atoms with Gasteiger partial charge in [0.05, 0.1) is 24.6 Å². The lowest BCUT2D eigenvalue weighted by Gasteiger charge is -2.16. The molecule has 3 aromatic rings. The maximum atomic E-state index is 12.2. The number of hydrazine groups is 1. The van der Waals surface area contributed by atoms with Gasteiger partial charge in [0, 0.05) is 44.9 Å². The Bertz CT molecular complexity index is 1010. The van der Waals surface area contributed by atoms with Crippen molar-refractivity contribution in [3.63, 3.8) is 0 Å². The third-order valence-electron chi connectivity index (χ3n) is 4.18. The average Bonchev–Trinajstić information content (AvgIpc) is 3.15. The molecule has 0 saturated heterocycles. The fourth-order valence-electron chi connectivity index (χ4n) is 2.65. The Balaban J connectivity index is 1.51. The molecule has 0 aliphatic heterocycles. The molecule has 3 rings (SSSR count). The highest BCUT2D eigenvalue weighted by molar-refractivity contribution is 5.89. The molecule has 0 unspecified atom stereocenters. The second-order valence-corrected chi connectivity index (χ2v) is 6.73. The molecule has 0 saturated carbocycles. The van der Waals surface area contributed by atoms with E-state index < -0.39 is 6.03 Å². The number of carbonyl (C=O) groups excluding carboxylic acids is 1. The van der Waals surface area contributed by atoms with Crippen molar-refractivity contribution in [1.29, 1.82) is 0 Å². The Hall–Kier alpha value is -3.80. The number of aromatic nitrogens is 6. The van der Waals surface area contributed by atoms with Gasteiger partial charge in [0.1, 0.15) is 18.2 Å². The molecule has 0 bridgehead atoms. The normalized spacial score (nSPS) is 10.6. The first-order valence-electron chi connectivity index (χ1n) is 9.69. The Labute approximate surface area is 180 Å². The molecule has 0 aliphatic carbocycles.